The predicted octanol–water partition coefficient (Wildman–Crippen LogP) is 2.16. The largest absolute Gasteiger partial charge is 0.306 e. The summed E-state index contributed by atoms with van der Waals surface area (Å²) in [6, 6.07) is 6.38. The highest BCUT2D eigenvalue weighted by Crippen LogP contribution is 2.31. The van der Waals surface area contributed by atoms with Gasteiger partial charge < -0.3 is 0 Å². The normalized spacial score (nSPS) is 11.6. The van der Waals surface area contributed by atoms with E-state index >= 15 is 0 Å². The van der Waals surface area contributed by atoms with Gasteiger partial charge in [-0.2, -0.15) is 0 Å². The standard InChI is InChI=1S/C11H9ClN2O4S/c12-5-6-19(17,18)11-8-3-1-2-4-9(8)13-7-10(11)14(15)16/h1-4,7H,5-6H2. The fourth-order valence-corrected chi connectivity index (χ4v) is 3.74. The first kappa shape index (κ1) is 13.7. The molecular formula is C11H9ClN2O4S. The lowest BCUT2D eigenvalue weighted by Crippen LogP contribution is -2.11. The lowest BCUT2D eigenvalue weighted by atomic mass is 10.2. The summed E-state index contributed by atoms with van der Waals surface area (Å²) in [5, 5.41) is 11.2. The molecule has 100 valence electrons. The van der Waals surface area contributed by atoms with E-state index < -0.39 is 20.4 Å². The van der Waals surface area contributed by atoms with Gasteiger partial charge in [0.15, 0.2) is 14.7 Å². The number of rotatable bonds is 4. The Labute approximate surface area is 114 Å². The number of nitro groups is 1. The average molecular weight is 301 g/mol. The topological polar surface area (TPSA) is 90.2 Å². The van der Waals surface area contributed by atoms with Crippen LogP contribution < -0.4 is 0 Å². The first-order valence-corrected chi connectivity index (χ1v) is 7.47. The van der Waals surface area contributed by atoms with Crippen LogP contribution in [-0.4, -0.2) is 30.0 Å². The molecule has 8 heteroatoms. The van der Waals surface area contributed by atoms with Crippen LogP contribution in [0.3, 0.4) is 0 Å². The van der Waals surface area contributed by atoms with Crippen molar-refractivity contribution in [2.24, 2.45) is 0 Å². The van der Waals surface area contributed by atoms with Gasteiger partial charge in [0.1, 0.15) is 6.20 Å². The monoisotopic (exact) mass is 300 g/mol. The lowest BCUT2D eigenvalue weighted by molar-refractivity contribution is -0.387. The van der Waals surface area contributed by atoms with Crippen LogP contribution in [0.4, 0.5) is 5.69 Å². The summed E-state index contributed by atoms with van der Waals surface area (Å²) < 4.78 is 24.3. The van der Waals surface area contributed by atoms with Crippen LogP contribution in [0.1, 0.15) is 0 Å². The van der Waals surface area contributed by atoms with Crippen molar-refractivity contribution in [2.45, 2.75) is 4.90 Å². The molecule has 0 aliphatic rings. The first-order chi connectivity index (χ1) is 8.97. The van der Waals surface area contributed by atoms with Crippen LogP contribution in [0.2, 0.25) is 0 Å². The average Bonchev–Trinajstić information content (AvgIpc) is 2.37. The van der Waals surface area contributed by atoms with Gasteiger partial charge in [-0.1, -0.05) is 18.2 Å². The van der Waals surface area contributed by atoms with E-state index in [4.69, 9.17) is 11.6 Å². The fraction of sp³-hybridized carbons (Fsp3) is 0.182. The maximum atomic E-state index is 12.2. The summed E-state index contributed by atoms with van der Waals surface area (Å²) in [6.07, 6.45) is 0.962. The van der Waals surface area contributed by atoms with Gasteiger partial charge in [-0.05, 0) is 6.07 Å². The number of para-hydroxylation sites is 1. The number of benzene rings is 1. The van der Waals surface area contributed by atoms with Gasteiger partial charge in [-0.25, -0.2) is 13.4 Å². The van der Waals surface area contributed by atoms with Crippen molar-refractivity contribution in [1.82, 2.24) is 4.98 Å². The van der Waals surface area contributed by atoms with Crippen molar-refractivity contribution >= 4 is 38.0 Å². The van der Waals surface area contributed by atoms with E-state index in [2.05, 4.69) is 4.98 Å². The van der Waals surface area contributed by atoms with Gasteiger partial charge in [-0.3, -0.25) is 10.1 Å². The zero-order valence-electron chi connectivity index (χ0n) is 9.61. The molecule has 1 heterocycles. The van der Waals surface area contributed by atoms with Crippen molar-refractivity contribution in [3.8, 4) is 0 Å². The van der Waals surface area contributed by atoms with E-state index in [1.165, 1.54) is 6.07 Å². The second kappa shape index (κ2) is 5.10. The number of hydrogen-bond acceptors (Lipinski definition) is 5. The SMILES string of the molecule is O=[N+]([O-])c1cnc2ccccc2c1S(=O)(=O)CCCl. The summed E-state index contributed by atoms with van der Waals surface area (Å²) in [4.78, 5) is 13.8. The number of sulfone groups is 1. The van der Waals surface area contributed by atoms with Gasteiger partial charge in [0.25, 0.3) is 0 Å². The quantitative estimate of drug-likeness (QED) is 0.490. The van der Waals surface area contributed by atoms with Gasteiger partial charge in [0.2, 0.25) is 0 Å². The highest BCUT2D eigenvalue weighted by Gasteiger charge is 2.28. The third kappa shape index (κ3) is 2.52. The molecule has 0 saturated carbocycles. The number of fused-ring (bicyclic) bond motifs is 1. The Kier molecular flexibility index (Phi) is 3.68. The number of nitrogens with zero attached hydrogens (tertiary/aromatic N) is 2. The Morgan fingerprint density at radius 3 is 2.63 bits per heavy atom. The molecule has 0 amide bonds. The minimum atomic E-state index is -3.83. The first-order valence-electron chi connectivity index (χ1n) is 5.28. The van der Waals surface area contributed by atoms with Crippen LogP contribution in [-0.2, 0) is 9.84 Å². The Hall–Kier alpha value is -1.73. The van der Waals surface area contributed by atoms with Crippen LogP contribution in [0, 0.1) is 10.1 Å². The van der Waals surface area contributed by atoms with E-state index in [-0.39, 0.29) is 21.9 Å². The molecule has 19 heavy (non-hydrogen) atoms. The summed E-state index contributed by atoms with van der Waals surface area (Å²) in [6.45, 7) is 0. The van der Waals surface area contributed by atoms with Crippen LogP contribution >= 0.6 is 11.6 Å². The van der Waals surface area contributed by atoms with Gasteiger partial charge in [0, 0.05) is 11.3 Å². The Bertz CT molecular complexity index is 745. The molecule has 1 aromatic heterocycles. The van der Waals surface area contributed by atoms with Gasteiger partial charge in [-0.15, -0.1) is 11.6 Å². The fourth-order valence-electron chi connectivity index (χ4n) is 1.77. The molecule has 0 saturated heterocycles. The van der Waals surface area contributed by atoms with Crippen molar-refractivity contribution in [3.05, 3.63) is 40.6 Å². The molecule has 0 atom stereocenters. The van der Waals surface area contributed by atoms with Gasteiger partial charge in [0.05, 0.1) is 16.2 Å². The van der Waals surface area contributed by atoms with Crippen molar-refractivity contribution in [2.75, 3.05) is 11.6 Å². The second-order valence-electron chi connectivity index (χ2n) is 3.75. The molecule has 1 aromatic carbocycles. The Balaban J connectivity index is 2.88. The van der Waals surface area contributed by atoms with Crippen LogP contribution in [0.15, 0.2) is 35.4 Å². The molecule has 0 N–H and O–H groups in total. The molecule has 0 spiro atoms. The smallest absolute Gasteiger partial charge is 0.258 e. The van der Waals surface area contributed by atoms with E-state index in [1.807, 2.05) is 0 Å². The molecule has 2 aromatic rings. The second-order valence-corrected chi connectivity index (χ2v) is 6.18. The summed E-state index contributed by atoms with van der Waals surface area (Å²) in [7, 11) is -3.83. The van der Waals surface area contributed by atoms with E-state index in [1.54, 1.807) is 18.2 Å². The molecule has 0 radical (unpaired) electrons. The summed E-state index contributed by atoms with van der Waals surface area (Å²) >= 11 is 5.45. The molecule has 0 aliphatic heterocycles. The Morgan fingerprint density at radius 2 is 2.00 bits per heavy atom. The van der Waals surface area contributed by atoms with Crippen molar-refractivity contribution in [3.63, 3.8) is 0 Å². The number of hydrogen-bond donors (Lipinski definition) is 0. The molecular weight excluding hydrogens is 292 g/mol. The number of pyridine rings is 1. The molecule has 2 rings (SSSR count). The minimum absolute atomic E-state index is 0.129. The van der Waals surface area contributed by atoms with Gasteiger partial charge >= 0.3 is 5.69 Å². The van der Waals surface area contributed by atoms with E-state index in [0.717, 1.165) is 6.20 Å². The third-order valence-corrected chi connectivity index (χ3v) is 4.77. The lowest BCUT2D eigenvalue weighted by Gasteiger charge is -2.07. The highest BCUT2D eigenvalue weighted by atomic mass is 35.5. The third-order valence-electron chi connectivity index (χ3n) is 2.56. The molecule has 6 nitrogen and oxygen atoms in total. The zero-order chi connectivity index (χ0) is 14.0. The Morgan fingerprint density at radius 1 is 1.32 bits per heavy atom. The van der Waals surface area contributed by atoms with E-state index in [9.17, 15) is 18.5 Å². The number of aromatic nitrogens is 1. The maximum Gasteiger partial charge on any atom is 0.306 e. The van der Waals surface area contributed by atoms with Crippen LogP contribution in [0.25, 0.3) is 10.9 Å². The number of alkyl halides is 1. The maximum absolute atomic E-state index is 12.2. The number of halogens is 1. The molecule has 0 unspecified atom stereocenters. The summed E-state index contributed by atoms with van der Waals surface area (Å²) in [5.41, 5.74) is -0.134. The zero-order valence-corrected chi connectivity index (χ0v) is 11.2. The molecule has 0 bridgehead atoms. The minimum Gasteiger partial charge on any atom is -0.258 e. The summed E-state index contributed by atoms with van der Waals surface area (Å²) in [5.74, 6) is -0.487. The predicted molar refractivity (Wildman–Crippen MR) is 71.2 cm³/mol. The molecule has 0 aliphatic carbocycles. The van der Waals surface area contributed by atoms with Crippen molar-refractivity contribution in [1.29, 1.82) is 0 Å². The van der Waals surface area contributed by atoms with Crippen molar-refractivity contribution < 1.29 is 13.3 Å². The highest BCUT2D eigenvalue weighted by molar-refractivity contribution is 7.91. The van der Waals surface area contributed by atoms with Crippen LogP contribution in [0.5, 0.6) is 0 Å². The van der Waals surface area contributed by atoms with E-state index in [0.29, 0.717) is 5.52 Å². The molecule has 0 fully saturated rings.